The molecule has 0 spiro atoms. The Hall–Kier alpha value is -2.51. The maximum absolute atomic E-state index is 6.03. The van der Waals surface area contributed by atoms with Crippen LogP contribution in [0.3, 0.4) is 0 Å². The second-order valence-corrected chi connectivity index (χ2v) is 6.48. The van der Waals surface area contributed by atoms with Crippen LogP contribution in [0.1, 0.15) is 11.5 Å². The van der Waals surface area contributed by atoms with Gasteiger partial charge in [-0.25, -0.2) is 0 Å². The molecule has 0 aliphatic carbocycles. The fourth-order valence-electron chi connectivity index (χ4n) is 3.42. The van der Waals surface area contributed by atoms with Crippen molar-refractivity contribution in [1.82, 2.24) is 4.57 Å². The van der Waals surface area contributed by atoms with Crippen molar-refractivity contribution in [3.8, 4) is 0 Å². The van der Waals surface area contributed by atoms with Gasteiger partial charge in [0, 0.05) is 39.3 Å². The molecule has 0 radical (unpaired) electrons. The number of hydrogen-bond donors (Lipinski definition) is 0. The van der Waals surface area contributed by atoms with Crippen LogP contribution in [0.2, 0.25) is 5.02 Å². The Bertz CT molecular complexity index is 958. The highest BCUT2D eigenvalue weighted by Crippen LogP contribution is 2.31. The largest absolute Gasteiger partial charge is 0.340 e. The van der Waals surface area contributed by atoms with Gasteiger partial charge in [0.1, 0.15) is 0 Å². The predicted molar refractivity (Wildman–Crippen MR) is 104 cm³/mol. The molecule has 0 amide bonds. The van der Waals surface area contributed by atoms with E-state index in [-0.39, 0.29) is 5.92 Å². The van der Waals surface area contributed by atoms with Crippen LogP contribution >= 0.6 is 11.6 Å². The zero-order chi connectivity index (χ0) is 16.5. The molecule has 0 aliphatic rings. The van der Waals surface area contributed by atoms with Crippen molar-refractivity contribution in [3.05, 3.63) is 96.0 Å². The fraction of sp³-hybridized carbons (Fsp3) is 0.0909. The van der Waals surface area contributed by atoms with Gasteiger partial charge < -0.3 is 4.57 Å². The minimum atomic E-state index is 0.237. The summed E-state index contributed by atoms with van der Waals surface area (Å²) in [6.07, 6.45) is 2.02. The molecule has 0 saturated carbocycles. The maximum atomic E-state index is 6.03. The number of fused-ring (bicyclic) bond motifs is 3. The number of para-hydroxylation sites is 2. The van der Waals surface area contributed by atoms with E-state index in [9.17, 15) is 0 Å². The van der Waals surface area contributed by atoms with Gasteiger partial charge in [-0.15, -0.1) is 6.58 Å². The molecule has 4 aromatic rings. The van der Waals surface area contributed by atoms with Crippen LogP contribution in [0.25, 0.3) is 21.8 Å². The van der Waals surface area contributed by atoms with Crippen LogP contribution in [-0.4, -0.2) is 4.57 Å². The van der Waals surface area contributed by atoms with Crippen molar-refractivity contribution in [2.75, 3.05) is 0 Å². The van der Waals surface area contributed by atoms with Gasteiger partial charge in [-0.3, -0.25) is 0 Å². The van der Waals surface area contributed by atoms with Gasteiger partial charge in [0.2, 0.25) is 0 Å². The lowest BCUT2D eigenvalue weighted by molar-refractivity contribution is 0.676. The van der Waals surface area contributed by atoms with Gasteiger partial charge in [0.15, 0.2) is 0 Å². The van der Waals surface area contributed by atoms with Crippen LogP contribution in [0.5, 0.6) is 0 Å². The molecule has 0 unspecified atom stereocenters. The van der Waals surface area contributed by atoms with Gasteiger partial charge in [0.05, 0.1) is 0 Å². The third-order valence-corrected chi connectivity index (χ3v) is 4.89. The summed E-state index contributed by atoms with van der Waals surface area (Å²) in [7, 11) is 0. The van der Waals surface area contributed by atoms with E-state index in [1.165, 1.54) is 27.4 Å². The molecular formula is C22H18ClN. The maximum Gasteiger partial charge on any atom is 0.0491 e. The van der Waals surface area contributed by atoms with E-state index in [4.69, 9.17) is 11.6 Å². The Morgan fingerprint density at radius 3 is 1.92 bits per heavy atom. The summed E-state index contributed by atoms with van der Waals surface area (Å²) in [5.74, 6) is 0.237. The van der Waals surface area contributed by atoms with E-state index < -0.39 is 0 Å². The van der Waals surface area contributed by atoms with Gasteiger partial charge in [0.25, 0.3) is 0 Å². The fourth-order valence-corrected chi connectivity index (χ4v) is 3.55. The van der Waals surface area contributed by atoms with Crippen LogP contribution < -0.4 is 0 Å². The average molecular weight is 332 g/mol. The first-order valence-corrected chi connectivity index (χ1v) is 8.49. The van der Waals surface area contributed by atoms with Crippen LogP contribution in [0.15, 0.2) is 85.5 Å². The zero-order valence-corrected chi connectivity index (χ0v) is 14.1. The first kappa shape index (κ1) is 15.0. The number of rotatable bonds is 4. The molecular weight excluding hydrogens is 314 g/mol. The number of benzene rings is 3. The summed E-state index contributed by atoms with van der Waals surface area (Å²) < 4.78 is 2.39. The summed E-state index contributed by atoms with van der Waals surface area (Å²) in [5.41, 5.74) is 3.76. The molecule has 4 rings (SSSR count). The Balaban J connectivity index is 1.85. The highest BCUT2D eigenvalue weighted by atomic mass is 35.5. The second kappa shape index (κ2) is 6.18. The SMILES string of the molecule is C=C[C@H](Cn1c2ccccc2c2ccccc21)c1ccc(Cl)cc1. The highest BCUT2D eigenvalue weighted by Gasteiger charge is 2.14. The molecule has 1 heterocycles. The van der Waals surface area contributed by atoms with Crippen molar-refractivity contribution >= 4 is 33.4 Å². The Morgan fingerprint density at radius 2 is 1.38 bits per heavy atom. The Kier molecular flexibility index (Phi) is 3.87. The lowest BCUT2D eigenvalue weighted by Gasteiger charge is -2.16. The van der Waals surface area contributed by atoms with E-state index in [1.807, 2.05) is 18.2 Å². The average Bonchev–Trinajstić information content (AvgIpc) is 2.95. The van der Waals surface area contributed by atoms with E-state index >= 15 is 0 Å². The topological polar surface area (TPSA) is 4.93 Å². The summed E-state index contributed by atoms with van der Waals surface area (Å²) in [6.45, 7) is 4.91. The quantitative estimate of drug-likeness (QED) is 0.380. The smallest absolute Gasteiger partial charge is 0.0491 e. The minimum Gasteiger partial charge on any atom is -0.340 e. The normalized spacial score (nSPS) is 12.5. The molecule has 1 atom stereocenters. The van der Waals surface area contributed by atoms with Crippen molar-refractivity contribution in [3.63, 3.8) is 0 Å². The molecule has 3 aromatic carbocycles. The van der Waals surface area contributed by atoms with Gasteiger partial charge >= 0.3 is 0 Å². The molecule has 1 nitrogen and oxygen atoms in total. The molecule has 0 N–H and O–H groups in total. The Morgan fingerprint density at radius 1 is 0.833 bits per heavy atom. The predicted octanol–water partition coefficient (Wildman–Crippen LogP) is 6.42. The third-order valence-electron chi connectivity index (χ3n) is 4.64. The van der Waals surface area contributed by atoms with Crippen LogP contribution in [0, 0.1) is 0 Å². The van der Waals surface area contributed by atoms with Gasteiger partial charge in [-0.2, -0.15) is 0 Å². The molecule has 1 aromatic heterocycles. The number of hydrogen-bond acceptors (Lipinski definition) is 0. The molecule has 0 bridgehead atoms. The summed E-state index contributed by atoms with van der Waals surface area (Å²) in [4.78, 5) is 0. The Labute approximate surface area is 146 Å². The monoisotopic (exact) mass is 331 g/mol. The number of allylic oxidation sites excluding steroid dienone is 1. The van der Waals surface area contributed by atoms with Gasteiger partial charge in [-0.1, -0.05) is 66.2 Å². The molecule has 0 fully saturated rings. The van der Waals surface area contributed by atoms with E-state index in [1.54, 1.807) is 0 Å². The molecule has 118 valence electrons. The van der Waals surface area contributed by atoms with Crippen molar-refractivity contribution in [2.45, 2.75) is 12.5 Å². The first-order chi connectivity index (χ1) is 11.8. The minimum absolute atomic E-state index is 0.237. The summed E-state index contributed by atoms with van der Waals surface area (Å²) in [5, 5.41) is 3.36. The zero-order valence-electron chi connectivity index (χ0n) is 13.3. The molecule has 0 aliphatic heterocycles. The standard InChI is InChI=1S/C22H18ClN/c1-2-16(17-11-13-18(23)14-12-17)15-24-21-9-5-3-7-19(21)20-8-4-6-10-22(20)24/h2-14,16H,1,15H2/t16-/m1/s1. The third kappa shape index (κ3) is 2.51. The van der Waals surface area contributed by atoms with Crippen molar-refractivity contribution in [1.29, 1.82) is 0 Å². The van der Waals surface area contributed by atoms with Crippen molar-refractivity contribution in [2.24, 2.45) is 0 Å². The second-order valence-electron chi connectivity index (χ2n) is 6.04. The molecule has 24 heavy (non-hydrogen) atoms. The first-order valence-electron chi connectivity index (χ1n) is 8.12. The number of halogens is 1. The van der Waals surface area contributed by atoms with Gasteiger partial charge in [-0.05, 0) is 29.8 Å². The van der Waals surface area contributed by atoms with Crippen molar-refractivity contribution < 1.29 is 0 Å². The summed E-state index contributed by atoms with van der Waals surface area (Å²) in [6, 6.07) is 25.2. The highest BCUT2D eigenvalue weighted by molar-refractivity contribution is 6.30. The van der Waals surface area contributed by atoms with E-state index in [0.717, 1.165) is 11.6 Å². The number of nitrogens with zero attached hydrogens (tertiary/aromatic N) is 1. The molecule has 2 heteroatoms. The molecule has 0 saturated heterocycles. The van der Waals surface area contributed by atoms with Crippen LogP contribution in [-0.2, 0) is 6.54 Å². The van der Waals surface area contributed by atoms with E-state index in [0.29, 0.717) is 0 Å². The number of aromatic nitrogens is 1. The summed E-state index contributed by atoms with van der Waals surface area (Å²) >= 11 is 6.03. The van der Waals surface area contributed by atoms with Crippen LogP contribution in [0.4, 0.5) is 0 Å². The van der Waals surface area contributed by atoms with E-state index in [2.05, 4.69) is 71.8 Å². The lowest BCUT2D eigenvalue weighted by Crippen LogP contribution is -2.07. The lowest BCUT2D eigenvalue weighted by atomic mass is 9.99.